The van der Waals surface area contributed by atoms with Gasteiger partial charge in [-0.25, -0.2) is 9.78 Å². The van der Waals surface area contributed by atoms with Gasteiger partial charge in [0.15, 0.2) is 0 Å². The number of carboxylic acid groups (broad SMARTS) is 1. The molecule has 4 nitrogen and oxygen atoms in total. The second-order valence-electron chi connectivity index (χ2n) is 2.93. The van der Waals surface area contributed by atoms with Gasteiger partial charge in [-0.1, -0.05) is 6.07 Å². The van der Waals surface area contributed by atoms with Gasteiger partial charge >= 0.3 is 12.1 Å². The topological polar surface area (TPSA) is 59.4 Å². The summed E-state index contributed by atoms with van der Waals surface area (Å²) in [6.07, 6.45) is -6.84. The molecule has 88 valence electrons. The largest absolute Gasteiger partial charge is 0.479 e. The molecule has 7 heteroatoms. The highest BCUT2D eigenvalue weighted by atomic mass is 19.4. The van der Waals surface area contributed by atoms with Crippen molar-refractivity contribution in [3.63, 3.8) is 0 Å². The summed E-state index contributed by atoms with van der Waals surface area (Å²) in [7, 11) is 0. The van der Waals surface area contributed by atoms with E-state index in [1.165, 1.54) is 24.4 Å². The van der Waals surface area contributed by atoms with Crippen LogP contribution in [0.15, 0.2) is 24.4 Å². The number of halogens is 3. The number of pyridine rings is 1. The zero-order valence-electron chi connectivity index (χ0n) is 7.94. The number of aliphatic carboxylic acids is 1. The number of alkyl halides is 3. The van der Waals surface area contributed by atoms with Crippen molar-refractivity contribution in [3.05, 3.63) is 24.4 Å². The molecule has 1 rings (SSSR count). The van der Waals surface area contributed by atoms with Crippen LogP contribution >= 0.6 is 0 Å². The van der Waals surface area contributed by atoms with E-state index >= 15 is 0 Å². The van der Waals surface area contributed by atoms with Crippen molar-refractivity contribution < 1.29 is 27.8 Å². The molecule has 1 N–H and O–H groups in total. The molecule has 0 aliphatic heterocycles. The number of carbonyl (C=O) groups is 1. The van der Waals surface area contributed by atoms with Crippen LogP contribution in [0.3, 0.4) is 0 Å². The number of aromatic nitrogens is 1. The molecule has 1 unspecified atom stereocenters. The fourth-order valence-electron chi connectivity index (χ4n) is 0.952. The smallest absolute Gasteiger partial charge is 0.393 e. The van der Waals surface area contributed by atoms with E-state index < -0.39 is 24.7 Å². The number of rotatable bonds is 4. The molecule has 1 aromatic rings. The fourth-order valence-corrected chi connectivity index (χ4v) is 0.952. The SMILES string of the molecule is O=C(O)C(CC(F)(F)F)Oc1ccccn1. The second-order valence-corrected chi connectivity index (χ2v) is 2.93. The van der Waals surface area contributed by atoms with Gasteiger partial charge in [0.05, 0.1) is 6.42 Å². The number of nitrogens with zero attached hydrogens (tertiary/aromatic N) is 1. The van der Waals surface area contributed by atoms with E-state index in [0.717, 1.165) is 0 Å². The summed E-state index contributed by atoms with van der Waals surface area (Å²) in [5, 5.41) is 8.55. The molecule has 0 aliphatic carbocycles. The van der Waals surface area contributed by atoms with E-state index in [4.69, 9.17) is 5.11 Å². The Bertz CT molecular complexity index is 353. The molecule has 0 spiro atoms. The Kier molecular flexibility index (Phi) is 3.70. The van der Waals surface area contributed by atoms with Gasteiger partial charge in [0.1, 0.15) is 0 Å². The molecule has 1 atom stereocenters. The minimum absolute atomic E-state index is 0.154. The summed E-state index contributed by atoms with van der Waals surface area (Å²) in [4.78, 5) is 14.1. The van der Waals surface area contributed by atoms with Gasteiger partial charge in [-0.2, -0.15) is 13.2 Å². The first-order chi connectivity index (χ1) is 7.38. The van der Waals surface area contributed by atoms with Gasteiger partial charge in [0.2, 0.25) is 12.0 Å². The van der Waals surface area contributed by atoms with Crippen molar-refractivity contribution in [2.75, 3.05) is 0 Å². The summed E-state index contributed by atoms with van der Waals surface area (Å²) in [6.45, 7) is 0. The molecule has 16 heavy (non-hydrogen) atoms. The van der Waals surface area contributed by atoms with Crippen LogP contribution in [-0.2, 0) is 4.79 Å². The van der Waals surface area contributed by atoms with Crippen molar-refractivity contribution in [3.8, 4) is 5.88 Å². The number of carboxylic acids is 1. The third-order valence-electron chi connectivity index (χ3n) is 1.59. The fraction of sp³-hybridized carbons (Fsp3) is 0.333. The third kappa shape index (κ3) is 4.16. The first-order valence-corrected chi connectivity index (χ1v) is 4.26. The summed E-state index contributed by atoms with van der Waals surface area (Å²) in [5.41, 5.74) is 0. The summed E-state index contributed by atoms with van der Waals surface area (Å²) < 4.78 is 40.6. The van der Waals surface area contributed by atoms with Gasteiger partial charge in [-0.15, -0.1) is 0 Å². The van der Waals surface area contributed by atoms with Gasteiger partial charge in [0.25, 0.3) is 0 Å². The predicted molar refractivity (Wildman–Crippen MR) is 47.0 cm³/mol. The molecule has 0 radical (unpaired) electrons. The van der Waals surface area contributed by atoms with E-state index in [0.29, 0.717) is 0 Å². The van der Waals surface area contributed by atoms with Crippen LogP contribution in [0.4, 0.5) is 13.2 Å². The summed E-state index contributed by atoms with van der Waals surface area (Å²) in [6, 6.07) is 4.30. The van der Waals surface area contributed by atoms with Crippen molar-refractivity contribution in [1.29, 1.82) is 0 Å². The van der Waals surface area contributed by atoms with Gasteiger partial charge in [-0.05, 0) is 6.07 Å². The van der Waals surface area contributed by atoms with Gasteiger partial charge in [0, 0.05) is 12.3 Å². The molecular formula is C9H8F3NO3. The average molecular weight is 235 g/mol. The van der Waals surface area contributed by atoms with Crippen LogP contribution in [0.25, 0.3) is 0 Å². The highest BCUT2D eigenvalue weighted by Crippen LogP contribution is 2.23. The molecule has 0 saturated heterocycles. The lowest BCUT2D eigenvalue weighted by Crippen LogP contribution is -2.32. The van der Waals surface area contributed by atoms with E-state index in [1.54, 1.807) is 0 Å². The zero-order valence-corrected chi connectivity index (χ0v) is 7.94. The number of hydrogen-bond acceptors (Lipinski definition) is 3. The van der Waals surface area contributed by atoms with E-state index in [9.17, 15) is 18.0 Å². The predicted octanol–water partition coefficient (Wildman–Crippen LogP) is 1.87. The first kappa shape index (κ1) is 12.3. The van der Waals surface area contributed by atoms with Crippen LogP contribution in [-0.4, -0.2) is 28.3 Å². The quantitative estimate of drug-likeness (QED) is 0.865. The van der Waals surface area contributed by atoms with Crippen LogP contribution in [0.2, 0.25) is 0 Å². The number of ether oxygens (including phenoxy) is 1. The highest BCUT2D eigenvalue weighted by molar-refractivity contribution is 5.72. The number of hydrogen-bond donors (Lipinski definition) is 1. The molecule has 0 fully saturated rings. The summed E-state index contributed by atoms with van der Waals surface area (Å²) >= 11 is 0. The van der Waals surface area contributed by atoms with Gasteiger partial charge < -0.3 is 9.84 Å². The van der Waals surface area contributed by atoms with Crippen molar-refractivity contribution >= 4 is 5.97 Å². The molecular weight excluding hydrogens is 227 g/mol. The summed E-state index contributed by atoms with van der Waals surface area (Å²) in [5.74, 6) is -1.83. The molecule has 0 bridgehead atoms. The first-order valence-electron chi connectivity index (χ1n) is 4.26. The Labute approximate surface area is 88.7 Å². The second kappa shape index (κ2) is 4.82. The van der Waals surface area contributed by atoms with E-state index in [1.807, 2.05) is 0 Å². The Balaban J connectivity index is 2.70. The molecule has 1 aromatic heterocycles. The molecule has 0 aromatic carbocycles. The molecule has 0 amide bonds. The molecule has 0 saturated carbocycles. The van der Waals surface area contributed by atoms with Gasteiger partial charge in [-0.3, -0.25) is 0 Å². The van der Waals surface area contributed by atoms with E-state index in [2.05, 4.69) is 9.72 Å². The monoisotopic (exact) mass is 235 g/mol. The normalized spacial score (nSPS) is 13.2. The van der Waals surface area contributed by atoms with Crippen LogP contribution in [0, 0.1) is 0 Å². The van der Waals surface area contributed by atoms with Crippen LogP contribution < -0.4 is 4.74 Å². The maximum Gasteiger partial charge on any atom is 0.393 e. The van der Waals surface area contributed by atoms with Crippen molar-refractivity contribution in [1.82, 2.24) is 4.98 Å². The minimum Gasteiger partial charge on any atom is -0.479 e. The van der Waals surface area contributed by atoms with Crippen molar-refractivity contribution in [2.24, 2.45) is 0 Å². The lowest BCUT2D eigenvalue weighted by atomic mass is 10.2. The van der Waals surface area contributed by atoms with Crippen LogP contribution in [0.5, 0.6) is 5.88 Å². The average Bonchev–Trinajstić information content (AvgIpc) is 2.16. The highest BCUT2D eigenvalue weighted by Gasteiger charge is 2.37. The zero-order chi connectivity index (χ0) is 12.2. The molecule has 1 heterocycles. The maximum absolute atomic E-state index is 12.0. The third-order valence-corrected chi connectivity index (χ3v) is 1.59. The van der Waals surface area contributed by atoms with Crippen molar-refractivity contribution in [2.45, 2.75) is 18.7 Å². The Hall–Kier alpha value is -1.79. The molecule has 0 aliphatic rings. The van der Waals surface area contributed by atoms with E-state index in [-0.39, 0.29) is 5.88 Å². The van der Waals surface area contributed by atoms with Crippen LogP contribution in [0.1, 0.15) is 6.42 Å². The maximum atomic E-state index is 12.0. The Morgan fingerprint density at radius 1 is 1.50 bits per heavy atom. The Morgan fingerprint density at radius 2 is 2.19 bits per heavy atom. The minimum atomic E-state index is -4.60. The Morgan fingerprint density at radius 3 is 2.62 bits per heavy atom. The standard InChI is InChI=1S/C9H8F3NO3/c10-9(11,12)5-6(8(14)15)16-7-3-1-2-4-13-7/h1-4,6H,5H2,(H,14,15). The lowest BCUT2D eigenvalue weighted by molar-refractivity contribution is -0.170. The lowest BCUT2D eigenvalue weighted by Gasteiger charge is -2.15.